The van der Waals surface area contributed by atoms with Crippen molar-refractivity contribution in [1.29, 1.82) is 0 Å². The summed E-state index contributed by atoms with van der Waals surface area (Å²) in [5, 5.41) is 0. The normalized spacial score (nSPS) is 12.1. The van der Waals surface area contributed by atoms with E-state index in [2.05, 4.69) is 48.5 Å². The largest absolute Gasteiger partial charge is 0.491 e. The van der Waals surface area contributed by atoms with Crippen LogP contribution in [0.2, 0.25) is 0 Å². The molecule has 0 heterocycles. The second-order valence-corrected chi connectivity index (χ2v) is 18.1. The Morgan fingerprint density at radius 2 is 0.500 bits per heavy atom. The molecular weight excluding hydrogens is 881 g/mol. The lowest BCUT2D eigenvalue weighted by Crippen LogP contribution is -2.15. The van der Waals surface area contributed by atoms with Crippen LogP contribution in [-0.2, 0) is 44.6 Å². The van der Waals surface area contributed by atoms with Gasteiger partial charge < -0.3 is 37.9 Å². The third-order valence-electron chi connectivity index (χ3n) is 10.8. The Balaban J connectivity index is 1.93. The van der Waals surface area contributed by atoms with Crippen LogP contribution in [0.5, 0.6) is 23.0 Å². The Labute approximate surface area is 402 Å². The van der Waals surface area contributed by atoms with Crippen molar-refractivity contribution >= 4 is 68.3 Å². The van der Waals surface area contributed by atoms with Gasteiger partial charge in [-0.3, -0.25) is 0 Å². The van der Waals surface area contributed by atoms with Gasteiger partial charge in [-0.25, -0.2) is 0 Å². The average molecular weight is 945 g/mol. The van der Waals surface area contributed by atoms with Crippen molar-refractivity contribution in [1.82, 2.24) is 0 Å². The maximum atomic E-state index is 6.82. The summed E-state index contributed by atoms with van der Waals surface area (Å²) >= 11 is 23.7. The van der Waals surface area contributed by atoms with E-state index in [1.807, 2.05) is 55.4 Å². The number of thiocarbonyl (C=S) groups is 4. The van der Waals surface area contributed by atoms with Gasteiger partial charge in [-0.2, -0.15) is 0 Å². The highest BCUT2D eigenvalue weighted by Gasteiger charge is 2.25. The molecule has 64 heavy (non-hydrogen) atoms. The Morgan fingerprint density at radius 1 is 0.328 bits per heavy atom. The molecule has 12 heteroatoms. The van der Waals surface area contributed by atoms with E-state index in [0.29, 0.717) is 105 Å². The third-order valence-corrected chi connectivity index (χ3v) is 11.8. The van der Waals surface area contributed by atoms with Gasteiger partial charge in [-0.1, -0.05) is 48.9 Å². The highest BCUT2D eigenvalue weighted by atomic mass is 32.1. The van der Waals surface area contributed by atoms with Gasteiger partial charge >= 0.3 is 0 Å². The molecule has 5 rings (SSSR count). The van der Waals surface area contributed by atoms with Gasteiger partial charge in [0.2, 0.25) is 0 Å². The summed E-state index contributed by atoms with van der Waals surface area (Å²) in [6.45, 7) is 21.3. The minimum atomic E-state index is 0.357. The molecule has 0 N–H and O–H groups in total. The Kier molecular flexibility index (Phi) is 20.7. The zero-order chi connectivity index (χ0) is 46.2. The fourth-order valence-corrected chi connectivity index (χ4v) is 8.30. The number of hydrogen-bond donors (Lipinski definition) is 0. The van der Waals surface area contributed by atoms with Crippen LogP contribution in [0.3, 0.4) is 0 Å². The molecule has 0 fully saturated rings. The molecular formula is C52H64O8S4. The maximum absolute atomic E-state index is 6.82. The second-order valence-electron chi connectivity index (χ2n) is 15.6. The quantitative estimate of drug-likeness (QED) is 0.0336. The minimum absolute atomic E-state index is 0.357. The molecule has 4 aromatic carbocycles. The Morgan fingerprint density at radius 3 is 0.641 bits per heavy atom. The molecule has 4 aromatic rings. The van der Waals surface area contributed by atoms with Gasteiger partial charge in [0.05, 0.1) is 26.4 Å². The molecule has 8 nitrogen and oxygen atoms in total. The first-order valence-electron chi connectivity index (χ1n) is 22.4. The Hall–Kier alpha value is -3.72. The molecule has 0 atom stereocenters. The van der Waals surface area contributed by atoms with Crippen LogP contribution in [0.15, 0.2) is 48.5 Å². The minimum Gasteiger partial charge on any atom is -0.491 e. The van der Waals surface area contributed by atoms with E-state index in [4.69, 9.17) is 86.8 Å². The van der Waals surface area contributed by atoms with E-state index >= 15 is 0 Å². The SMILES string of the molecule is CCOCCOc1c2cc(C(C)=S)cc1Cc1cc(C(C)=S)cc(c1OCCOCC)Cc1cc(C(C)=S)cc(c1OCCOCC)Cc1cc(C(C)=S)cc(c1OCCOCC)C2. The van der Waals surface area contributed by atoms with E-state index in [9.17, 15) is 0 Å². The van der Waals surface area contributed by atoms with Crippen molar-refractivity contribution in [2.24, 2.45) is 0 Å². The molecule has 0 saturated heterocycles. The van der Waals surface area contributed by atoms with E-state index in [1.165, 1.54) is 0 Å². The summed E-state index contributed by atoms with van der Waals surface area (Å²) in [6, 6.07) is 17.2. The first-order chi connectivity index (χ1) is 30.9. The van der Waals surface area contributed by atoms with Gasteiger partial charge in [0, 0.05) is 71.6 Å². The molecule has 1 aliphatic rings. The fraction of sp³-hybridized carbons (Fsp3) is 0.462. The lowest BCUT2D eigenvalue weighted by Gasteiger charge is -2.25. The zero-order valence-electron chi connectivity index (χ0n) is 38.8. The van der Waals surface area contributed by atoms with Crippen LogP contribution in [0.25, 0.3) is 0 Å². The van der Waals surface area contributed by atoms with Crippen LogP contribution in [-0.4, -0.2) is 98.7 Å². The van der Waals surface area contributed by atoms with Gasteiger partial charge in [-0.15, -0.1) is 0 Å². The highest BCUT2D eigenvalue weighted by molar-refractivity contribution is 7.81. The summed E-state index contributed by atoms with van der Waals surface area (Å²) < 4.78 is 50.4. The lowest BCUT2D eigenvalue weighted by atomic mass is 9.87. The number of rotatable bonds is 24. The average Bonchev–Trinajstić information content (AvgIpc) is 3.25. The van der Waals surface area contributed by atoms with Crippen LogP contribution in [0, 0.1) is 0 Å². The van der Waals surface area contributed by atoms with Crippen LogP contribution < -0.4 is 18.9 Å². The van der Waals surface area contributed by atoms with Crippen molar-refractivity contribution < 1.29 is 37.9 Å². The molecule has 0 saturated carbocycles. The molecule has 1 aliphatic carbocycles. The third kappa shape index (κ3) is 14.1. The van der Waals surface area contributed by atoms with Crippen molar-refractivity contribution in [3.05, 3.63) is 115 Å². The molecule has 8 bridgehead atoms. The molecule has 0 spiro atoms. The molecule has 0 aromatic heterocycles. The van der Waals surface area contributed by atoms with Gasteiger partial charge in [0.1, 0.15) is 49.4 Å². The first kappa shape index (κ1) is 51.3. The van der Waals surface area contributed by atoms with Crippen LogP contribution in [0.1, 0.15) is 122 Å². The monoisotopic (exact) mass is 944 g/mol. The zero-order valence-corrected chi connectivity index (χ0v) is 42.1. The van der Waals surface area contributed by atoms with Gasteiger partial charge in [0.15, 0.2) is 0 Å². The van der Waals surface area contributed by atoms with Gasteiger partial charge in [-0.05, 0) is 171 Å². The van der Waals surface area contributed by atoms with Crippen LogP contribution >= 0.6 is 48.9 Å². The van der Waals surface area contributed by atoms with E-state index in [1.54, 1.807) is 0 Å². The van der Waals surface area contributed by atoms with Crippen molar-refractivity contribution in [2.75, 3.05) is 79.3 Å². The van der Waals surface area contributed by atoms with E-state index in [-0.39, 0.29) is 0 Å². The fourth-order valence-electron chi connectivity index (χ4n) is 7.83. The maximum Gasteiger partial charge on any atom is 0.126 e. The predicted octanol–water partition coefficient (Wildman–Crippen LogP) is 11.0. The molecule has 0 aliphatic heterocycles. The molecule has 0 radical (unpaired) electrons. The topological polar surface area (TPSA) is 73.8 Å². The number of ether oxygens (including phenoxy) is 8. The first-order valence-corrected chi connectivity index (χ1v) is 24.0. The highest BCUT2D eigenvalue weighted by Crippen LogP contribution is 2.41. The summed E-state index contributed by atoms with van der Waals surface area (Å²) in [5.41, 5.74) is 11.4. The van der Waals surface area contributed by atoms with Gasteiger partial charge in [0.25, 0.3) is 0 Å². The summed E-state index contributed by atoms with van der Waals surface area (Å²) in [5.74, 6) is 3.06. The molecule has 0 unspecified atom stereocenters. The number of fused-ring (bicyclic) bond motifs is 8. The summed E-state index contributed by atoms with van der Waals surface area (Å²) in [7, 11) is 0. The second kappa shape index (κ2) is 25.8. The van der Waals surface area contributed by atoms with Crippen molar-refractivity contribution in [3.8, 4) is 23.0 Å². The standard InChI is InChI=1S/C52H64O8S4/c1-9-53-13-17-57-49-41-21-37(33(5)61)22-42(49)30-44-24-39(35(7)63)26-46(51(44)59-19-15-55-11-3)32-48-28-40(36(8)64)27-47(52(48)60-20-16-56-12-4)31-45-25-38(34(6)62)23-43(29-41)50(45)58-18-14-54-10-2/h21-28H,9-20,29-32H2,1-8H3. The smallest absolute Gasteiger partial charge is 0.126 e. The van der Waals surface area contributed by atoms with E-state index < -0.39 is 0 Å². The number of benzene rings is 4. The molecule has 344 valence electrons. The summed E-state index contributed by atoms with van der Waals surface area (Å²) in [6.07, 6.45) is 1.85. The molecule has 0 amide bonds. The van der Waals surface area contributed by atoms with Crippen molar-refractivity contribution in [3.63, 3.8) is 0 Å². The van der Waals surface area contributed by atoms with E-state index in [0.717, 1.165) is 109 Å². The lowest BCUT2D eigenvalue weighted by molar-refractivity contribution is 0.108. The summed E-state index contributed by atoms with van der Waals surface area (Å²) in [4.78, 5) is 3.08. The van der Waals surface area contributed by atoms with Crippen LogP contribution in [0.4, 0.5) is 0 Å². The van der Waals surface area contributed by atoms with Crippen molar-refractivity contribution in [2.45, 2.75) is 81.1 Å². The predicted molar refractivity (Wildman–Crippen MR) is 274 cm³/mol. The Bertz CT molecular complexity index is 1880. The number of hydrogen-bond acceptors (Lipinski definition) is 12.